The largest absolute Gasteiger partial charge is 0.369 e. The molecule has 18 heavy (non-hydrogen) atoms. The molecule has 0 unspecified atom stereocenters. The minimum atomic E-state index is 0.463. The summed E-state index contributed by atoms with van der Waals surface area (Å²) < 4.78 is 1.69. The molecule has 5 nitrogen and oxygen atoms in total. The molecule has 0 bridgehead atoms. The highest BCUT2D eigenvalue weighted by Crippen LogP contribution is 2.30. The van der Waals surface area contributed by atoms with Crippen molar-refractivity contribution in [3.05, 3.63) is 28.5 Å². The molecule has 0 radical (unpaired) electrons. The van der Waals surface area contributed by atoms with Gasteiger partial charge in [0.15, 0.2) is 5.82 Å². The van der Waals surface area contributed by atoms with Crippen LogP contribution in [-0.4, -0.2) is 21.3 Å². The van der Waals surface area contributed by atoms with Crippen molar-refractivity contribution in [2.75, 3.05) is 17.2 Å². The number of anilines is 3. The van der Waals surface area contributed by atoms with Crippen LogP contribution in [0.3, 0.4) is 0 Å². The van der Waals surface area contributed by atoms with Crippen LogP contribution in [0.5, 0.6) is 0 Å². The van der Waals surface area contributed by atoms with E-state index in [1.54, 1.807) is 16.9 Å². The smallest absolute Gasteiger partial charge is 0.151 e. The molecular formula is C11H13Cl2N5. The van der Waals surface area contributed by atoms with Crippen LogP contribution in [-0.2, 0) is 7.05 Å². The lowest BCUT2D eigenvalue weighted by Crippen LogP contribution is -2.03. The van der Waals surface area contributed by atoms with E-state index in [2.05, 4.69) is 20.7 Å². The van der Waals surface area contributed by atoms with Gasteiger partial charge in [-0.25, -0.2) is 4.98 Å². The lowest BCUT2D eigenvalue weighted by atomic mass is 10.4. The summed E-state index contributed by atoms with van der Waals surface area (Å²) >= 11 is 12.1. The van der Waals surface area contributed by atoms with Crippen LogP contribution in [0.25, 0.3) is 0 Å². The first-order valence-corrected chi connectivity index (χ1v) is 6.21. The zero-order chi connectivity index (χ0) is 13.1. The summed E-state index contributed by atoms with van der Waals surface area (Å²) in [5.41, 5.74) is 0.816. The Labute approximate surface area is 115 Å². The number of rotatable bonds is 4. The third kappa shape index (κ3) is 2.86. The van der Waals surface area contributed by atoms with E-state index in [0.29, 0.717) is 21.7 Å². The Morgan fingerprint density at radius 3 is 2.61 bits per heavy atom. The van der Waals surface area contributed by atoms with E-state index in [4.69, 9.17) is 23.2 Å². The van der Waals surface area contributed by atoms with Crippen LogP contribution in [0.15, 0.2) is 18.5 Å². The van der Waals surface area contributed by atoms with E-state index in [0.717, 1.165) is 12.2 Å². The number of hydrogen-bond acceptors (Lipinski definition) is 4. The number of nitrogens with zero attached hydrogens (tertiary/aromatic N) is 3. The Hall–Kier alpha value is -1.46. The van der Waals surface area contributed by atoms with Gasteiger partial charge in [-0.1, -0.05) is 23.2 Å². The van der Waals surface area contributed by atoms with Gasteiger partial charge >= 0.3 is 0 Å². The first kappa shape index (κ1) is 13.0. The molecule has 0 saturated heterocycles. The molecule has 96 valence electrons. The molecule has 0 fully saturated rings. The molecule has 0 spiro atoms. The molecule has 7 heteroatoms. The summed E-state index contributed by atoms with van der Waals surface area (Å²) in [5.74, 6) is 1.15. The third-order valence-electron chi connectivity index (χ3n) is 2.24. The van der Waals surface area contributed by atoms with E-state index in [-0.39, 0.29) is 0 Å². The van der Waals surface area contributed by atoms with Gasteiger partial charge in [-0.15, -0.1) is 0 Å². The predicted molar refractivity (Wildman–Crippen MR) is 74.9 cm³/mol. The quantitative estimate of drug-likeness (QED) is 0.905. The van der Waals surface area contributed by atoms with Gasteiger partial charge in [0.2, 0.25) is 0 Å². The number of nitrogens with one attached hydrogen (secondary N) is 2. The highest BCUT2D eigenvalue weighted by Gasteiger charge is 2.09. The highest BCUT2D eigenvalue weighted by molar-refractivity contribution is 6.37. The summed E-state index contributed by atoms with van der Waals surface area (Å²) in [6, 6.07) is 1.66. The summed E-state index contributed by atoms with van der Waals surface area (Å²) in [5, 5.41) is 11.2. The van der Waals surface area contributed by atoms with E-state index in [1.807, 2.05) is 20.2 Å². The first-order valence-electron chi connectivity index (χ1n) is 5.45. The maximum absolute atomic E-state index is 6.09. The number of halogens is 2. The average Bonchev–Trinajstić information content (AvgIpc) is 2.71. The molecule has 0 aromatic carbocycles. The predicted octanol–water partition coefficient (Wildman–Crippen LogP) is 3.30. The average molecular weight is 286 g/mol. The van der Waals surface area contributed by atoms with Crippen molar-refractivity contribution in [3.8, 4) is 0 Å². The van der Waals surface area contributed by atoms with Gasteiger partial charge in [-0.3, -0.25) is 4.68 Å². The Bertz CT molecular complexity index is 552. The number of aryl methyl sites for hydroxylation is 1. The molecular weight excluding hydrogens is 273 g/mol. The molecule has 0 aliphatic rings. The van der Waals surface area contributed by atoms with Crippen LogP contribution in [0, 0.1) is 0 Å². The topological polar surface area (TPSA) is 54.8 Å². The molecule has 0 aliphatic heterocycles. The molecule has 2 rings (SSSR count). The Morgan fingerprint density at radius 1 is 1.28 bits per heavy atom. The zero-order valence-electron chi connectivity index (χ0n) is 10.0. The van der Waals surface area contributed by atoms with Gasteiger partial charge in [-0.2, -0.15) is 5.10 Å². The van der Waals surface area contributed by atoms with Crippen LogP contribution < -0.4 is 10.6 Å². The molecule has 2 N–H and O–H groups in total. The van der Waals surface area contributed by atoms with Crippen molar-refractivity contribution in [1.29, 1.82) is 0 Å². The molecule has 0 atom stereocenters. The van der Waals surface area contributed by atoms with Crippen molar-refractivity contribution in [1.82, 2.24) is 14.8 Å². The number of pyridine rings is 1. The summed E-state index contributed by atoms with van der Waals surface area (Å²) in [6.45, 7) is 2.71. The third-order valence-corrected chi connectivity index (χ3v) is 2.82. The maximum Gasteiger partial charge on any atom is 0.151 e. The van der Waals surface area contributed by atoms with E-state index in [1.165, 1.54) is 0 Å². The fourth-order valence-electron chi connectivity index (χ4n) is 1.47. The first-order chi connectivity index (χ1) is 8.60. The van der Waals surface area contributed by atoms with Gasteiger partial charge < -0.3 is 10.6 Å². The summed E-state index contributed by atoms with van der Waals surface area (Å²) in [7, 11) is 1.84. The van der Waals surface area contributed by atoms with Crippen molar-refractivity contribution in [3.63, 3.8) is 0 Å². The monoisotopic (exact) mass is 285 g/mol. The Kier molecular flexibility index (Phi) is 3.93. The summed E-state index contributed by atoms with van der Waals surface area (Å²) in [6.07, 6.45) is 3.53. The molecule has 0 saturated carbocycles. The van der Waals surface area contributed by atoms with Crippen molar-refractivity contribution in [2.45, 2.75) is 6.92 Å². The van der Waals surface area contributed by atoms with Gasteiger partial charge in [0, 0.05) is 19.8 Å². The lowest BCUT2D eigenvalue weighted by molar-refractivity contribution is 0.768. The fraction of sp³-hybridized carbons (Fsp3) is 0.273. The number of aromatic nitrogens is 3. The van der Waals surface area contributed by atoms with Crippen LogP contribution in [0.2, 0.25) is 10.0 Å². The van der Waals surface area contributed by atoms with E-state index < -0.39 is 0 Å². The van der Waals surface area contributed by atoms with Crippen molar-refractivity contribution < 1.29 is 0 Å². The molecule has 2 aromatic rings. The highest BCUT2D eigenvalue weighted by atomic mass is 35.5. The minimum Gasteiger partial charge on any atom is -0.369 e. The minimum absolute atomic E-state index is 0.463. The standard InChI is InChI=1S/C11H13Cl2N5/c1-3-14-10-8(12)4-9(13)11(17-10)16-7-5-15-18(2)6-7/h4-6H,3H2,1-2H3,(H2,14,16,17). The maximum atomic E-state index is 6.09. The van der Waals surface area contributed by atoms with Gasteiger partial charge in [0.25, 0.3) is 0 Å². The SMILES string of the molecule is CCNc1nc(Nc2cnn(C)c2)c(Cl)cc1Cl. The Balaban J connectivity index is 2.29. The second-order valence-corrected chi connectivity index (χ2v) is 4.52. The van der Waals surface area contributed by atoms with Crippen LogP contribution >= 0.6 is 23.2 Å². The molecule has 0 amide bonds. The van der Waals surface area contributed by atoms with Crippen molar-refractivity contribution in [2.24, 2.45) is 7.05 Å². The van der Waals surface area contributed by atoms with E-state index >= 15 is 0 Å². The van der Waals surface area contributed by atoms with Crippen LogP contribution in [0.4, 0.5) is 17.3 Å². The molecule has 0 aliphatic carbocycles. The van der Waals surface area contributed by atoms with Gasteiger partial charge in [0.05, 0.1) is 21.9 Å². The van der Waals surface area contributed by atoms with Gasteiger partial charge in [-0.05, 0) is 13.0 Å². The van der Waals surface area contributed by atoms with Gasteiger partial charge in [0.1, 0.15) is 5.82 Å². The Morgan fingerprint density at radius 2 is 2.00 bits per heavy atom. The summed E-state index contributed by atoms with van der Waals surface area (Å²) in [4.78, 5) is 4.34. The second kappa shape index (κ2) is 5.46. The molecule has 2 aromatic heterocycles. The molecule has 2 heterocycles. The van der Waals surface area contributed by atoms with Crippen LogP contribution in [0.1, 0.15) is 6.92 Å². The number of hydrogen-bond donors (Lipinski definition) is 2. The fourth-order valence-corrected chi connectivity index (χ4v) is 1.94. The second-order valence-electron chi connectivity index (χ2n) is 3.71. The zero-order valence-corrected chi connectivity index (χ0v) is 11.5. The lowest BCUT2D eigenvalue weighted by Gasteiger charge is -2.10. The normalized spacial score (nSPS) is 10.4. The van der Waals surface area contributed by atoms with Crippen molar-refractivity contribution >= 4 is 40.5 Å². The van der Waals surface area contributed by atoms with E-state index in [9.17, 15) is 0 Å².